The zero-order chi connectivity index (χ0) is 14.9. The molecule has 1 heterocycles. The minimum Gasteiger partial charge on any atom is -0.356 e. The topological polar surface area (TPSA) is 54.0 Å². The van der Waals surface area contributed by atoms with Crippen molar-refractivity contribution in [3.63, 3.8) is 0 Å². The Morgan fingerprint density at radius 3 is 2.57 bits per heavy atom. The number of carbonyl (C=O) groups excluding carboxylic acids is 1. The second-order valence-corrected chi connectivity index (χ2v) is 4.76. The Labute approximate surface area is 125 Å². The monoisotopic (exact) mass is 283 g/mol. The maximum absolute atomic E-state index is 11.5. The van der Waals surface area contributed by atoms with E-state index >= 15 is 0 Å². The number of benzene rings is 1. The molecular formula is C17H21N3O. The van der Waals surface area contributed by atoms with Crippen LogP contribution in [0.15, 0.2) is 54.7 Å². The summed E-state index contributed by atoms with van der Waals surface area (Å²) in [7, 11) is 0. The third-order valence-corrected chi connectivity index (χ3v) is 3.19. The van der Waals surface area contributed by atoms with E-state index in [2.05, 4.69) is 27.8 Å². The first-order valence-corrected chi connectivity index (χ1v) is 7.27. The lowest BCUT2D eigenvalue weighted by atomic mass is 10.0. The molecule has 4 nitrogen and oxygen atoms in total. The molecule has 21 heavy (non-hydrogen) atoms. The van der Waals surface area contributed by atoms with Crippen molar-refractivity contribution in [1.29, 1.82) is 0 Å². The maximum atomic E-state index is 11.5. The van der Waals surface area contributed by atoms with Crippen LogP contribution in [0.1, 0.15) is 30.6 Å². The lowest BCUT2D eigenvalue weighted by Crippen LogP contribution is -2.30. The zero-order valence-electron chi connectivity index (χ0n) is 12.3. The van der Waals surface area contributed by atoms with Gasteiger partial charge in [0.1, 0.15) is 0 Å². The Morgan fingerprint density at radius 1 is 1.14 bits per heavy atom. The summed E-state index contributed by atoms with van der Waals surface area (Å²) >= 11 is 0. The van der Waals surface area contributed by atoms with Crippen LogP contribution in [0.3, 0.4) is 0 Å². The predicted molar refractivity (Wildman–Crippen MR) is 83.8 cm³/mol. The molecule has 0 saturated heterocycles. The molecule has 0 aliphatic heterocycles. The van der Waals surface area contributed by atoms with E-state index in [1.165, 1.54) is 0 Å². The minimum absolute atomic E-state index is 0.00169. The fraction of sp³-hybridized carbons (Fsp3) is 0.294. The van der Waals surface area contributed by atoms with Gasteiger partial charge >= 0.3 is 0 Å². The first-order chi connectivity index (χ1) is 10.3. The molecular weight excluding hydrogens is 262 g/mol. The highest BCUT2D eigenvalue weighted by molar-refractivity contribution is 5.75. The van der Waals surface area contributed by atoms with Crippen LogP contribution in [0.5, 0.6) is 0 Å². The van der Waals surface area contributed by atoms with Gasteiger partial charge < -0.3 is 10.6 Å². The average molecular weight is 283 g/mol. The summed E-state index contributed by atoms with van der Waals surface area (Å²) < 4.78 is 0. The third-order valence-electron chi connectivity index (χ3n) is 3.19. The van der Waals surface area contributed by atoms with Crippen molar-refractivity contribution in [2.75, 3.05) is 13.1 Å². The zero-order valence-corrected chi connectivity index (χ0v) is 12.3. The summed E-state index contributed by atoms with van der Waals surface area (Å²) in [6, 6.07) is 16.0. The Bertz CT molecular complexity index is 503. The summed E-state index contributed by atoms with van der Waals surface area (Å²) in [5, 5.41) is 6.22. The summed E-state index contributed by atoms with van der Waals surface area (Å²) in [6.07, 6.45) is 2.25. The van der Waals surface area contributed by atoms with Crippen LogP contribution in [0, 0.1) is 0 Å². The number of pyridine rings is 1. The van der Waals surface area contributed by atoms with Gasteiger partial charge in [-0.05, 0) is 24.6 Å². The summed E-state index contributed by atoms with van der Waals surface area (Å²) in [5.41, 5.74) is 2.10. The number of nitrogens with zero attached hydrogens (tertiary/aromatic N) is 1. The van der Waals surface area contributed by atoms with Crippen molar-refractivity contribution in [3.05, 3.63) is 66.0 Å². The van der Waals surface area contributed by atoms with Gasteiger partial charge in [0.25, 0.3) is 0 Å². The van der Waals surface area contributed by atoms with E-state index in [-0.39, 0.29) is 11.9 Å². The average Bonchev–Trinajstić information content (AvgIpc) is 2.53. The van der Waals surface area contributed by atoms with Crippen molar-refractivity contribution in [1.82, 2.24) is 15.6 Å². The van der Waals surface area contributed by atoms with Crippen molar-refractivity contribution in [3.8, 4) is 0 Å². The van der Waals surface area contributed by atoms with Crippen molar-refractivity contribution in [2.24, 2.45) is 0 Å². The highest BCUT2D eigenvalue weighted by atomic mass is 16.1. The number of rotatable bonds is 7. The SMILES string of the molecule is CCNC(=O)CCNC(c1ccccc1)c1ccccn1. The molecule has 0 aliphatic rings. The largest absolute Gasteiger partial charge is 0.356 e. The van der Waals surface area contributed by atoms with Gasteiger partial charge in [-0.25, -0.2) is 0 Å². The second-order valence-electron chi connectivity index (χ2n) is 4.76. The summed E-state index contributed by atoms with van der Waals surface area (Å²) in [6.45, 7) is 3.20. The van der Waals surface area contributed by atoms with E-state index in [0.717, 1.165) is 11.3 Å². The number of hydrogen-bond donors (Lipinski definition) is 2. The highest BCUT2D eigenvalue weighted by Gasteiger charge is 2.14. The van der Waals surface area contributed by atoms with Gasteiger partial charge in [-0.2, -0.15) is 0 Å². The lowest BCUT2D eigenvalue weighted by molar-refractivity contribution is -0.120. The number of carbonyl (C=O) groups is 1. The molecule has 1 unspecified atom stereocenters. The fourth-order valence-electron chi connectivity index (χ4n) is 2.20. The fourth-order valence-corrected chi connectivity index (χ4v) is 2.20. The summed E-state index contributed by atoms with van der Waals surface area (Å²) in [5.74, 6) is 0.0674. The van der Waals surface area contributed by atoms with Crippen LogP contribution >= 0.6 is 0 Å². The second kappa shape index (κ2) is 8.17. The Morgan fingerprint density at radius 2 is 1.90 bits per heavy atom. The molecule has 0 bridgehead atoms. The molecule has 1 amide bonds. The molecule has 1 aromatic carbocycles. The van der Waals surface area contributed by atoms with Gasteiger partial charge in [0, 0.05) is 25.7 Å². The molecule has 0 aliphatic carbocycles. The van der Waals surface area contributed by atoms with Gasteiger partial charge in [-0.1, -0.05) is 36.4 Å². The van der Waals surface area contributed by atoms with Crippen LogP contribution in [0.2, 0.25) is 0 Å². The van der Waals surface area contributed by atoms with Gasteiger partial charge in [-0.15, -0.1) is 0 Å². The molecule has 110 valence electrons. The molecule has 0 radical (unpaired) electrons. The molecule has 4 heteroatoms. The van der Waals surface area contributed by atoms with E-state index < -0.39 is 0 Å². The van der Waals surface area contributed by atoms with Gasteiger partial charge in [0.15, 0.2) is 0 Å². The van der Waals surface area contributed by atoms with Crippen molar-refractivity contribution < 1.29 is 4.79 Å². The van der Waals surface area contributed by atoms with E-state index in [0.29, 0.717) is 19.5 Å². The Balaban J connectivity index is 2.05. The lowest BCUT2D eigenvalue weighted by Gasteiger charge is -2.18. The van der Waals surface area contributed by atoms with Crippen LogP contribution < -0.4 is 10.6 Å². The van der Waals surface area contributed by atoms with Gasteiger partial charge in [0.05, 0.1) is 11.7 Å². The third kappa shape index (κ3) is 4.68. The van der Waals surface area contributed by atoms with E-state index in [1.54, 1.807) is 6.20 Å². The molecule has 2 aromatic rings. The number of amides is 1. The molecule has 0 fully saturated rings. The van der Waals surface area contributed by atoms with Crippen LogP contribution in [0.4, 0.5) is 0 Å². The smallest absolute Gasteiger partial charge is 0.221 e. The van der Waals surface area contributed by atoms with E-state index in [4.69, 9.17) is 0 Å². The molecule has 0 spiro atoms. The van der Waals surface area contributed by atoms with Crippen molar-refractivity contribution >= 4 is 5.91 Å². The van der Waals surface area contributed by atoms with Gasteiger partial charge in [0.2, 0.25) is 5.91 Å². The number of nitrogens with one attached hydrogen (secondary N) is 2. The number of aromatic nitrogens is 1. The van der Waals surface area contributed by atoms with Gasteiger partial charge in [-0.3, -0.25) is 9.78 Å². The Kier molecular flexibility index (Phi) is 5.91. The first kappa shape index (κ1) is 15.2. The van der Waals surface area contributed by atoms with E-state index in [9.17, 15) is 4.79 Å². The minimum atomic E-state index is 0.00169. The normalized spacial score (nSPS) is 11.9. The predicted octanol–water partition coefficient (Wildman–Crippen LogP) is 2.29. The standard InChI is InChI=1S/C17H21N3O/c1-2-18-16(21)11-13-20-17(14-8-4-3-5-9-14)15-10-6-7-12-19-15/h3-10,12,17,20H,2,11,13H2,1H3,(H,18,21). The van der Waals surface area contributed by atoms with Crippen LogP contribution in [-0.2, 0) is 4.79 Å². The molecule has 1 aromatic heterocycles. The van der Waals surface area contributed by atoms with Crippen LogP contribution in [-0.4, -0.2) is 24.0 Å². The highest BCUT2D eigenvalue weighted by Crippen LogP contribution is 2.19. The summed E-state index contributed by atoms with van der Waals surface area (Å²) in [4.78, 5) is 16.0. The molecule has 2 N–H and O–H groups in total. The molecule has 2 rings (SSSR count). The first-order valence-electron chi connectivity index (χ1n) is 7.27. The molecule has 1 atom stereocenters. The molecule has 0 saturated carbocycles. The Hall–Kier alpha value is -2.20. The number of hydrogen-bond acceptors (Lipinski definition) is 3. The quantitative estimate of drug-likeness (QED) is 0.819. The van der Waals surface area contributed by atoms with Crippen molar-refractivity contribution in [2.45, 2.75) is 19.4 Å². The van der Waals surface area contributed by atoms with E-state index in [1.807, 2.05) is 43.3 Å². The maximum Gasteiger partial charge on any atom is 0.221 e. The van der Waals surface area contributed by atoms with Crippen LogP contribution in [0.25, 0.3) is 0 Å².